The smallest absolute Gasteiger partial charge is 0.0727 e. The van der Waals surface area contributed by atoms with Crippen LogP contribution in [0.4, 0.5) is 51.2 Å². The van der Waals surface area contributed by atoms with Gasteiger partial charge in [-0.3, -0.25) is 0 Å². The van der Waals surface area contributed by atoms with Crippen LogP contribution in [0.3, 0.4) is 0 Å². The lowest BCUT2D eigenvalue weighted by Crippen LogP contribution is -2.27. The molecule has 3 nitrogen and oxygen atoms in total. The monoisotopic (exact) mass is 1010 g/mol. The van der Waals surface area contributed by atoms with Gasteiger partial charge in [-0.15, -0.1) is 0 Å². The summed E-state index contributed by atoms with van der Waals surface area (Å²) >= 11 is 0. The Kier molecular flexibility index (Phi) is 12.3. The Morgan fingerprint density at radius 1 is 0.241 bits per heavy atom. The number of anilines is 9. The molecular formula is C76H57N3. The first-order valence-electron chi connectivity index (χ1n) is 27.6. The largest absolute Gasteiger partial charge is 0.310 e. The third-order valence-corrected chi connectivity index (χ3v) is 16.3. The van der Waals surface area contributed by atoms with E-state index in [-0.39, 0.29) is 5.92 Å². The first-order chi connectivity index (χ1) is 39.2. The molecule has 0 aliphatic heterocycles. The fourth-order valence-corrected chi connectivity index (χ4v) is 12.8. The van der Waals surface area contributed by atoms with Gasteiger partial charge in [0.15, 0.2) is 0 Å². The molecule has 2 aliphatic rings. The van der Waals surface area contributed by atoms with Gasteiger partial charge in [0, 0.05) is 57.1 Å². The van der Waals surface area contributed by atoms with Crippen molar-refractivity contribution < 1.29 is 0 Å². The van der Waals surface area contributed by atoms with Gasteiger partial charge in [0.1, 0.15) is 0 Å². The minimum absolute atomic E-state index is 0.244. The highest BCUT2D eigenvalue weighted by Crippen LogP contribution is 2.65. The zero-order valence-electron chi connectivity index (χ0n) is 43.9. The molecule has 0 saturated heterocycles. The van der Waals surface area contributed by atoms with Gasteiger partial charge in [-0.1, -0.05) is 206 Å². The van der Waals surface area contributed by atoms with E-state index in [0.717, 1.165) is 64.0 Å². The quantitative estimate of drug-likeness (QED) is 0.107. The zero-order valence-corrected chi connectivity index (χ0v) is 43.9. The summed E-state index contributed by atoms with van der Waals surface area (Å²) in [5.41, 5.74) is 23.3. The topological polar surface area (TPSA) is 9.72 Å². The van der Waals surface area contributed by atoms with Crippen molar-refractivity contribution >= 4 is 51.2 Å². The lowest BCUT2D eigenvalue weighted by Gasteiger charge is -2.34. The first kappa shape index (κ1) is 47.5. The highest BCUT2D eigenvalue weighted by atomic mass is 15.2. The third kappa shape index (κ3) is 8.48. The summed E-state index contributed by atoms with van der Waals surface area (Å²) in [4.78, 5) is 7.25. The maximum absolute atomic E-state index is 2.59. The number of benzene rings is 12. The molecule has 376 valence electrons. The van der Waals surface area contributed by atoms with Crippen molar-refractivity contribution in [2.45, 2.75) is 24.2 Å². The van der Waals surface area contributed by atoms with Gasteiger partial charge in [0.25, 0.3) is 0 Å². The van der Waals surface area contributed by atoms with E-state index in [1.165, 1.54) is 61.2 Å². The molecule has 1 spiro atoms. The summed E-state index contributed by atoms with van der Waals surface area (Å²) in [6.45, 7) is 0. The Bertz CT molecular complexity index is 3630. The number of hydrogen-bond donors (Lipinski definition) is 0. The van der Waals surface area contributed by atoms with Crippen LogP contribution in [0.15, 0.2) is 315 Å². The molecule has 0 aromatic heterocycles. The zero-order chi connectivity index (χ0) is 52.5. The van der Waals surface area contributed by atoms with Crippen LogP contribution in [-0.4, -0.2) is 0 Å². The molecule has 0 heterocycles. The molecular weight excluding hydrogens is 955 g/mol. The molecule has 0 fully saturated rings. The third-order valence-electron chi connectivity index (χ3n) is 16.3. The fraction of sp³-hybridized carbons (Fsp3) is 0.0526. The second kappa shape index (κ2) is 20.5. The van der Waals surface area contributed by atoms with E-state index in [9.17, 15) is 0 Å². The Morgan fingerprint density at radius 2 is 0.494 bits per heavy atom. The van der Waals surface area contributed by atoms with Crippen LogP contribution in [0.25, 0.3) is 22.3 Å². The molecule has 0 saturated carbocycles. The molecule has 79 heavy (non-hydrogen) atoms. The van der Waals surface area contributed by atoms with Crippen molar-refractivity contribution in [2.24, 2.45) is 0 Å². The van der Waals surface area contributed by atoms with E-state index in [0.29, 0.717) is 0 Å². The van der Waals surface area contributed by atoms with Crippen LogP contribution in [-0.2, 0) is 11.8 Å². The Labute approximate surface area is 464 Å². The molecule has 12 aromatic carbocycles. The van der Waals surface area contributed by atoms with Crippen LogP contribution in [0.5, 0.6) is 0 Å². The molecule has 12 aromatic rings. The van der Waals surface area contributed by atoms with Crippen LogP contribution in [0, 0.1) is 0 Å². The summed E-state index contributed by atoms with van der Waals surface area (Å²) < 4.78 is 0. The van der Waals surface area contributed by atoms with Gasteiger partial charge < -0.3 is 14.7 Å². The van der Waals surface area contributed by atoms with E-state index in [1.807, 2.05) is 0 Å². The number of nitrogens with zero attached hydrogens (tertiary/aromatic N) is 3. The molecule has 0 amide bonds. The Hall–Kier alpha value is -9.96. The van der Waals surface area contributed by atoms with Gasteiger partial charge in [-0.05, 0) is 183 Å². The van der Waals surface area contributed by atoms with Gasteiger partial charge in [0.2, 0.25) is 0 Å². The van der Waals surface area contributed by atoms with E-state index in [4.69, 9.17) is 0 Å². The molecule has 0 bridgehead atoms. The van der Waals surface area contributed by atoms with Crippen molar-refractivity contribution in [3.63, 3.8) is 0 Å². The van der Waals surface area contributed by atoms with Gasteiger partial charge in [-0.25, -0.2) is 0 Å². The van der Waals surface area contributed by atoms with Crippen molar-refractivity contribution in [1.29, 1.82) is 0 Å². The van der Waals surface area contributed by atoms with Crippen molar-refractivity contribution in [3.05, 3.63) is 354 Å². The number of fused-ring (bicyclic) bond motifs is 10. The number of para-hydroxylation sites is 6. The molecule has 0 radical (unpaired) electrons. The minimum Gasteiger partial charge on any atom is -0.310 e. The molecule has 2 aliphatic carbocycles. The van der Waals surface area contributed by atoms with Crippen molar-refractivity contribution in [1.82, 2.24) is 0 Å². The minimum atomic E-state index is -0.747. The first-order valence-corrected chi connectivity index (χ1v) is 27.6. The number of aryl methyl sites for hydroxylation is 1. The Balaban J connectivity index is 1.04. The maximum atomic E-state index is 2.59. The standard InChI is InChI=1S/C76H57N3/c1-9-25-56(26-10-1)67(57-27-11-2-12-28-57)46-41-55-42-47-68-69-48-43-64(77(58-29-13-3-14-30-58)59-31-15-4-16-32-59)52-73(69)76(72(68)51-55)74-53-65(78(60-33-17-5-18-34-60)61-35-19-6-20-36-61)44-49-70(74)71-50-45-66(54-75(71)76)79(62-37-21-7-22-38-62)63-39-23-8-24-40-63/h1-40,42-45,47-54,67H,41,46H2. The van der Waals surface area contributed by atoms with Crippen LogP contribution in [0.1, 0.15) is 51.3 Å². The summed E-state index contributed by atoms with van der Waals surface area (Å²) in [6, 6.07) is 116. The van der Waals surface area contributed by atoms with Gasteiger partial charge in [-0.2, -0.15) is 0 Å². The molecule has 14 rings (SSSR count). The lowest BCUT2D eigenvalue weighted by molar-refractivity contribution is 0.712. The molecule has 3 heteroatoms. The molecule has 0 unspecified atom stereocenters. The van der Waals surface area contributed by atoms with Gasteiger partial charge in [0.05, 0.1) is 5.41 Å². The normalized spacial score (nSPS) is 12.4. The highest BCUT2D eigenvalue weighted by molar-refractivity contribution is 5.99. The van der Waals surface area contributed by atoms with E-state index in [2.05, 4.69) is 330 Å². The average Bonchev–Trinajstić information content (AvgIpc) is 2.26. The lowest BCUT2D eigenvalue weighted by atomic mass is 9.70. The summed E-state index contributed by atoms with van der Waals surface area (Å²) in [7, 11) is 0. The Morgan fingerprint density at radius 3 is 0.785 bits per heavy atom. The van der Waals surface area contributed by atoms with Gasteiger partial charge >= 0.3 is 0 Å². The van der Waals surface area contributed by atoms with E-state index >= 15 is 0 Å². The van der Waals surface area contributed by atoms with E-state index < -0.39 is 5.41 Å². The molecule has 0 atom stereocenters. The average molecular weight is 1010 g/mol. The maximum Gasteiger partial charge on any atom is 0.0727 e. The summed E-state index contributed by atoms with van der Waals surface area (Å²) in [5, 5.41) is 0. The van der Waals surface area contributed by atoms with Crippen molar-refractivity contribution in [3.8, 4) is 22.3 Å². The number of hydrogen-bond acceptors (Lipinski definition) is 3. The van der Waals surface area contributed by atoms with Crippen LogP contribution < -0.4 is 14.7 Å². The van der Waals surface area contributed by atoms with Crippen molar-refractivity contribution in [2.75, 3.05) is 14.7 Å². The SMILES string of the molecule is c1ccc(C(CCc2ccc3c(c2)C2(c4cc(N(c5ccccc5)c5ccccc5)ccc4-3)c3cc(N(c4ccccc4)c4ccccc4)ccc3-c3ccc(N(c4ccccc4)c4ccccc4)cc32)c2ccccc2)cc1. The fourth-order valence-electron chi connectivity index (χ4n) is 12.8. The van der Waals surface area contributed by atoms with E-state index in [1.54, 1.807) is 0 Å². The predicted octanol–water partition coefficient (Wildman–Crippen LogP) is 20.2. The highest BCUT2D eigenvalue weighted by Gasteiger charge is 2.53. The molecule has 0 N–H and O–H groups in total. The number of rotatable bonds is 14. The van der Waals surface area contributed by atoms with Crippen LogP contribution in [0.2, 0.25) is 0 Å². The summed E-state index contributed by atoms with van der Waals surface area (Å²) in [5.74, 6) is 0.244. The van der Waals surface area contributed by atoms with Crippen LogP contribution >= 0.6 is 0 Å². The summed E-state index contributed by atoms with van der Waals surface area (Å²) in [6.07, 6.45) is 1.87. The second-order valence-corrected chi connectivity index (χ2v) is 20.8. The second-order valence-electron chi connectivity index (χ2n) is 20.8. The predicted molar refractivity (Wildman–Crippen MR) is 330 cm³/mol.